The van der Waals surface area contributed by atoms with Crippen LogP contribution in [-0.4, -0.2) is 64.5 Å². The predicted molar refractivity (Wildman–Crippen MR) is 117 cm³/mol. The fourth-order valence-corrected chi connectivity index (χ4v) is 5.00. The molecular weight excluding hydrogens is 336 g/mol. The molecule has 1 rings (SSSR count). The molecule has 0 atom stereocenters. The maximum atomic E-state index is 6.46. The average molecular weight is 385 g/mol. The van der Waals surface area contributed by atoms with Crippen molar-refractivity contribution in [3.63, 3.8) is 0 Å². The Labute approximate surface area is 168 Å². The van der Waals surface area contributed by atoms with Crippen LogP contribution < -0.4 is 17.2 Å². The molecule has 0 aromatic rings. The smallest absolute Gasteiger partial charge is 0.0631 e. The first-order chi connectivity index (χ1) is 12.9. The normalized spacial score (nSPS) is 19.0. The van der Waals surface area contributed by atoms with E-state index < -0.39 is 0 Å². The minimum atomic E-state index is -0.101. The highest BCUT2D eigenvalue weighted by Gasteiger charge is 2.52. The lowest BCUT2D eigenvalue weighted by Gasteiger charge is -2.64. The summed E-state index contributed by atoms with van der Waals surface area (Å²) in [4.78, 5) is 0. The largest absolute Gasteiger partial charge is 0.329 e. The average Bonchev–Trinajstić information content (AvgIpc) is 2.74. The van der Waals surface area contributed by atoms with Crippen LogP contribution >= 0.6 is 0 Å². The van der Waals surface area contributed by atoms with Crippen molar-refractivity contribution in [2.45, 2.75) is 103 Å². The van der Waals surface area contributed by atoms with Crippen LogP contribution in [0.1, 0.15) is 86.5 Å². The van der Waals surface area contributed by atoms with Gasteiger partial charge in [0.05, 0.1) is 5.54 Å². The standard InChI is InChI=1S/C21H48N6/c1-7-19(8-2,16-22)25-14-13-15-26(20(9-3,10-4)17-23)27(25)21(11-5,12-6)18-24/h7-18,22-24H2,1-6H3. The maximum absolute atomic E-state index is 6.46. The van der Waals surface area contributed by atoms with Gasteiger partial charge < -0.3 is 17.2 Å². The number of hydrogen-bond acceptors (Lipinski definition) is 6. The number of hydrazine groups is 2. The second-order valence-electron chi connectivity index (χ2n) is 8.30. The SMILES string of the molecule is CCC(CC)(CN)N1CCCN(C(CC)(CC)CN)N1C(CC)(CC)CN. The van der Waals surface area contributed by atoms with Gasteiger partial charge in [-0.1, -0.05) is 41.5 Å². The molecule has 0 radical (unpaired) electrons. The molecule has 162 valence electrons. The predicted octanol–water partition coefficient (Wildman–Crippen LogP) is 2.68. The molecule has 6 N–H and O–H groups in total. The highest BCUT2D eigenvalue weighted by molar-refractivity contribution is 5.00. The Balaban J connectivity index is 3.64. The van der Waals surface area contributed by atoms with Crippen molar-refractivity contribution >= 4 is 0 Å². The molecule has 1 aliphatic heterocycles. The fraction of sp³-hybridized carbons (Fsp3) is 1.00. The van der Waals surface area contributed by atoms with E-state index in [0.717, 1.165) is 58.0 Å². The molecule has 1 aliphatic rings. The molecule has 6 nitrogen and oxygen atoms in total. The van der Waals surface area contributed by atoms with Crippen molar-refractivity contribution in [1.29, 1.82) is 0 Å². The topological polar surface area (TPSA) is 87.8 Å². The van der Waals surface area contributed by atoms with E-state index in [1.54, 1.807) is 0 Å². The summed E-state index contributed by atoms with van der Waals surface area (Å²) in [5.41, 5.74) is 19.1. The summed E-state index contributed by atoms with van der Waals surface area (Å²) in [5.74, 6) is 0. The quantitative estimate of drug-likeness (QED) is 0.479. The number of hydrogen-bond donors (Lipinski definition) is 3. The number of nitrogens with two attached hydrogens (primary N) is 3. The summed E-state index contributed by atoms with van der Waals surface area (Å²) in [7, 11) is 0. The van der Waals surface area contributed by atoms with E-state index >= 15 is 0 Å². The molecule has 0 unspecified atom stereocenters. The maximum Gasteiger partial charge on any atom is 0.0631 e. The van der Waals surface area contributed by atoms with E-state index in [9.17, 15) is 0 Å². The molecule has 0 aromatic heterocycles. The van der Waals surface area contributed by atoms with Gasteiger partial charge in [0.15, 0.2) is 0 Å². The second-order valence-corrected chi connectivity index (χ2v) is 8.30. The molecule has 1 fully saturated rings. The molecule has 1 saturated heterocycles. The molecule has 6 heteroatoms. The van der Waals surface area contributed by atoms with Crippen molar-refractivity contribution in [3.05, 3.63) is 0 Å². The summed E-state index contributed by atoms with van der Waals surface area (Å²) in [6, 6.07) is 0. The Bertz CT molecular complexity index is 362. The van der Waals surface area contributed by atoms with E-state index in [0.29, 0.717) is 19.6 Å². The van der Waals surface area contributed by atoms with Gasteiger partial charge in [0.2, 0.25) is 0 Å². The first-order valence-electron chi connectivity index (χ1n) is 11.4. The van der Waals surface area contributed by atoms with Gasteiger partial charge in [-0.3, -0.25) is 0 Å². The Morgan fingerprint density at radius 3 is 1.07 bits per heavy atom. The van der Waals surface area contributed by atoms with Crippen molar-refractivity contribution < 1.29 is 0 Å². The van der Waals surface area contributed by atoms with Crippen LogP contribution in [0.15, 0.2) is 0 Å². The van der Waals surface area contributed by atoms with Crippen LogP contribution in [0.3, 0.4) is 0 Å². The third-order valence-electron chi connectivity index (χ3n) is 7.81. The second kappa shape index (κ2) is 10.5. The molecule has 0 saturated carbocycles. The van der Waals surface area contributed by atoms with Crippen molar-refractivity contribution in [2.24, 2.45) is 17.2 Å². The monoisotopic (exact) mass is 384 g/mol. The highest BCUT2D eigenvalue weighted by atomic mass is 15.9. The van der Waals surface area contributed by atoms with Crippen LogP contribution in [0.4, 0.5) is 0 Å². The molecule has 0 bridgehead atoms. The molecular formula is C21H48N6. The lowest BCUT2D eigenvalue weighted by molar-refractivity contribution is -0.330. The summed E-state index contributed by atoms with van der Waals surface area (Å²) in [5, 5.41) is 7.74. The zero-order valence-electron chi connectivity index (χ0n) is 19.1. The van der Waals surface area contributed by atoms with Gasteiger partial charge in [0, 0.05) is 43.8 Å². The van der Waals surface area contributed by atoms with E-state index in [1.165, 1.54) is 0 Å². The Hall–Kier alpha value is -0.240. The fourth-order valence-electron chi connectivity index (χ4n) is 5.00. The molecule has 27 heavy (non-hydrogen) atoms. The molecule has 0 aromatic carbocycles. The molecule has 0 spiro atoms. The minimum Gasteiger partial charge on any atom is -0.329 e. The summed E-state index contributed by atoms with van der Waals surface area (Å²) in [6.45, 7) is 17.6. The third kappa shape index (κ3) is 4.21. The Kier molecular flexibility index (Phi) is 9.65. The van der Waals surface area contributed by atoms with Gasteiger partial charge in [0.1, 0.15) is 0 Å². The first kappa shape index (κ1) is 24.8. The minimum absolute atomic E-state index is 0.0365. The first-order valence-corrected chi connectivity index (χ1v) is 11.4. The molecule has 0 amide bonds. The lowest BCUT2D eigenvalue weighted by Crippen LogP contribution is -2.78. The number of rotatable bonds is 12. The zero-order chi connectivity index (χ0) is 20.7. The zero-order valence-corrected chi connectivity index (χ0v) is 19.1. The van der Waals surface area contributed by atoms with Gasteiger partial charge in [-0.05, 0) is 44.9 Å². The van der Waals surface area contributed by atoms with E-state index in [1.807, 2.05) is 0 Å². The van der Waals surface area contributed by atoms with Gasteiger partial charge in [0.25, 0.3) is 0 Å². The van der Waals surface area contributed by atoms with Crippen LogP contribution in [0.5, 0.6) is 0 Å². The molecule has 1 heterocycles. The summed E-state index contributed by atoms with van der Waals surface area (Å²) in [6.07, 6.45) is 7.29. The lowest BCUT2D eigenvalue weighted by atomic mass is 9.86. The van der Waals surface area contributed by atoms with E-state index in [4.69, 9.17) is 17.2 Å². The van der Waals surface area contributed by atoms with Crippen molar-refractivity contribution in [3.8, 4) is 0 Å². The summed E-state index contributed by atoms with van der Waals surface area (Å²) >= 11 is 0. The van der Waals surface area contributed by atoms with Crippen molar-refractivity contribution in [2.75, 3.05) is 32.7 Å². The van der Waals surface area contributed by atoms with Crippen LogP contribution in [0.25, 0.3) is 0 Å². The third-order valence-corrected chi connectivity index (χ3v) is 7.81. The van der Waals surface area contributed by atoms with Gasteiger partial charge in [-0.25, -0.2) is 10.0 Å². The van der Waals surface area contributed by atoms with Gasteiger partial charge in [-0.15, -0.1) is 0 Å². The number of nitrogens with zero attached hydrogens (tertiary/aromatic N) is 3. The van der Waals surface area contributed by atoms with Crippen LogP contribution in [-0.2, 0) is 0 Å². The van der Waals surface area contributed by atoms with E-state index in [-0.39, 0.29) is 16.6 Å². The Morgan fingerprint density at radius 2 is 0.852 bits per heavy atom. The van der Waals surface area contributed by atoms with Gasteiger partial charge in [-0.2, -0.15) is 5.12 Å². The van der Waals surface area contributed by atoms with Crippen molar-refractivity contribution in [1.82, 2.24) is 15.1 Å². The summed E-state index contributed by atoms with van der Waals surface area (Å²) < 4.78 is 0. The Morgan fingerprint density at radius 1 is 0.556 bits per heavy atom. The van der Waals surface area contributed by atoms with Crippen LogP contribution in [0, 0.1) is 0 Å². The highest BCUT2D eigenvalue weighted by Crippen LogP contribution is 2.40. The van der Waals surface area contributed by atoms with Crippen LogP contribution in [0.2, 0.25) is 0 Å². The molecule has 0 aliphatic carbocycles. The van der Waals surface area contributed by atoms with Gasteiger partial charge >= 0.3 is 0 Å². The van der Waals surface area contributed by atoms with E-state index in [2.05, 4.69) is 56.7 Å².